The lowest BCUT2D eigenvalue weighted by molar-refractivity contribution is -0.141. The second-order valence-electron chi connectivity index (χ2n) is 7.97. The first-order chi connectivity index (χ1) is 17.1. The van der Waals surface area contributed by atoms with E-state index in [1.54, 1.807) is 42.5 Å². The number of aliphatic hydroxyl groups excluding tert-OH is 1. The van der Waals surface area contributed by atoms with Crippen LogP contribution in [-0.4, -0.2) is 54.6 Å². The molecule has 3 aromatic rings. The van der Waals surface area contributed by atoms with Gasteiger partial charge in [-0.3, -0.25) is 9.59 Å². The molecule has 0 aliphatic heterocycles. The zero-order chi connectivity index (χ0) is 26.3. The Morgan fingerprint density at radius 3 is 2.56 bits per heavy atom. The number of aromatic nitrogens is 1. The van der Waals surface area contributed by atoms with Crippen molar-refractivity contribution in [3.8, 4) is 5.75 Å². The standard InChI is InChI=1S/C24H29N3O6S3/c1-4-36(31,32)26-23(29)21-16(2)35-20(25-21)15-27(13-5-7-19-8-6-14-34-19)24(30)22(28)17-9-11-18(33-3)12-10-17/h6,8-12,14,22,28H,4-5,7,13,15H2,1-3H3,(H,26,29)/t22-/m1/s1. The summed E-state index contributed by atoms with van der Waals surface area (Å²) in [6.45, 7) is 3.55. The van der Waals surface area contributed by atoms with Gasteiger partial charge in [0.1, 0.15) is 16.5 Å². The molecule has 0 saturated heterocycles. The molecule has 1 aromatic carbocycles. The van der Waals surface area contributed by atoms with Crippen molar-refractivity contribution in [2.45, 2.75) is 39.3 Å². The van der Waals surface area contributed by atoms with Crippen LogP contribution >= 0.6 is 22.7 Å². The number of hydrogen-bond donors (Lipinski definition) is 2. The minimum atomic E-state index is -3.73. The summed E-state index contributed by atoms with van der Waals surface area (Å²) in [5.74, 6) is -0.908. The molecule has 12 heteroatoms. The van der Waals surface area contributed by atoms with E-state index in [-0.39, 0.29) is 18.0 Å². The number of amides is 2. The fourth-order valence-corrected chi connectivity index (χ4v) is 5.64. The quantitative estimate of drug-likeness (QED) is 0.354. The fraction of sp³-hybridized carbons (Fsp3) is 0.375. The molecule has 36 heavy (non-hydrogen) atoms. The highest BCUT2D eigenvalue weighted by atomic mass is 32.2. The molecule has 9 nitrogen and oxygen atoms in total. The lowest BCUT2D eigenvalue weighted by Crippen LogP contribution is -2.36. The summed E-state index contributed by atoms with van der Waals surface area (Å²) in [5, 5.41) is 13.3. The SMILES string of the molecule is CCS(=O)(=O)NC(=O)c1nc(CN(CCCc2cccs2)C(=O)[C@H](O)c2ccc(OC)cc2)sc1C. The van der Waals surface area contributed by atoms with Gasteiger partial charge in [0.15, 0.2) is 6.10 Å². The van der Waals surface area contributed by atoms with Gasteiger partial charge in [-0.05, 0) is 55.8 Å². The Kier molecular flexibility index (Phi) is 9.60. The molecule has 0 spiro atoms. The third kappa shape index (κ3) is 7.36. The predicted octanol–water partition coefficient (Wildman–Crippen LogP) is 3.30. The van der Waals surface area contributed by atoms with Crippen LogP contribution in [0, 0.1) is 6.92 Å². The van der Waals surface area contributed by atoms with E-state index in [1.807, 2.05) is 22.2 Å². The molecule has 2 N–H and O–H groups in total. The first kappa shape index (κ1) is 27.8. The lowest BCUT2D eigenvalue weighted by Gasteiger charge is -2.24. The van der Waals surface area contributed by atoms with Crippen LogP contribution in [-0.2, 0) is 27.8 Å². The van der Waals surface area contributed by atoms with Gasteiger partial charge in [0, 0.05) is 16.3 Å². The number of aryl methyl sites for hydroxylation is 2. The number of aliphatic hydroxyl groups is 1. The molecule has 1 atom stereocenters. The summed E-state index contributed by atoms with van der Waals surface area (Å²) in [7, 11) is -2.20. The van der Waals surface area contributed by atoms with E-state index in [2.05, 4.69) is 4.98 Å². The van der Waals surface area contributed by atoms with Gasteiger partial charge >= 0.3 is 0 Å². The van der Waals surface area contributed by atoms with Gasteiger partial charge in [-0.15, -0.1) is 22.7 Å². The van der Waals surface area contributed by atoms with Gasteiger partial charge in [0.2, 0.25) is 10.0 Å². The number of thiazole rings is 1. The molecule has 2 heterocycles. The summed E-state index contributed by atoms with van der Waals surface area (Å²) < 4.78 is 30.7. The highest BCUT2D eigenvalue weighted by Gasteiger charge is 2.26. The van der Waals surface area contributed by atoms with Crippen LogP contribution in [0.15, 0.2) is 41.8 Å². The topological polar surface area (TPSA) is 126 Å². The van der Waals surface area contributed by atoms with Gasteiger partial charge < -0.3 is 14.7 Å². The van der Waals surface area contributed by atoms with E-state index < -0.39 is 27.9 Å². The summed E-state index contributed by atoms with van der Waals surface area (Å²) >= 11 is 2.85. The van der Waals surface area contributed by atoms with Gasteiger partial charge in [0.25, 0.3) is 11.8 Å². The summed E-state index contributed by atoms with van der Waals surface area (Å²) in [5.41, 5.74) is 0.443. The zero-order valence-corrected chi connectivity index (χ0v) is 22.7. The van der Waals surface area contributed by atoms with Crippen LogP contribution < -0.4 is 9.46 Å². The molecular formula is C24H29N3O6S3. The number of carbonyl (C=O) groups is 2. The number of nitrogens with zero attached hydrogens (tertiary/aromatic N) is 2. The second kappa shape index (κ2) is 12.4. The predicted molar refractivity (Wildman–Crippen MR) is 140 cm³/mol. The minimum absolute atomic E-state index is 0.00807. The van der Waals surface area contributed by atoms with Gasteiger partial charge in [-0.2, -0.15) is 0 Å². The third-order valence-electron chi connectivity index (χ3n) is 5.42. The molecule has 194 valence electrons. The van der Waals surface area contributed by atoms with E-state index in [1.165, 1.54) is 35.1 Å². The van der Waals surface area contributed by atoms with E-state index in [0.29, 0.717) is 34.2 Å². The first-order valence-corrected chi connectivity index (χ1v) is 14.6. The molecule has 3 rings (SSSR count). The van der Waals surface area contributed by atoms with E-state index in [0.717, 1.165) is 6.42 Å². The van der Waals surface area contributed by atoms with Crippen molar-refractivity contribution in [1.82, 2.24) is 14.6 Å². The maximum absolute atomic E-state index is 13.3. The largest absolute Gasteiger partial charge is 0.497 e. The van der Waals surface area contributed by atoms with Crippen LogP contribution in [0.2, 0.25) is 0 Å². The Morgan fingerprint density at radius 1 is 1.22 bits per heavy atom. The van der Waals surface area contributed by atoms with Gasteiger partial charge in [-0.1, -0.05) is 18.2 Å². The Morgan fingerprint density at radius 2 is 1.94 bits per heavy atom. The van der Waals surface area contributed by atoms with Gasteiger partial charge in [-0.25, -0.2) is 18.1 Å². The number of methoxy groups -OCH3 is 1. The van der Waals surface area contributed by atoms with Crippen LogP contribution in [0.3, 0.4) is 0 Å². The maximum atomic E-state index is 13.3. The summed E-state index contributed by atoms with van der Waals surface area (Å²) in [4.78, 5) is 33.3. The minimum Gasteiger partial charge on any atom is -0.497 e. The fourth-order valence-electron chi connectivity index (χ4n) is 3.42. The van der Waals surface area contributed by atoms with Crippen molar-refractivity contribution in [2.24, 2.45) is 0 Å². The van der Waals surface area contributed by atoms with E-state index in [4.69, 9.17) is 4.74 Å². The van der Waals surface area contributed by atoms with Crippen LogP contribution in [0.5, 0.6) is 5.75 Å². The number of ether oxygens (including phenoxy) is 1. The average molecular weight is 552 g/mol. The summed E-state index contributed by atoms with van der Waals surface area (Å²) in [6.07, 6.45) is 0.0734. The molecule has 0 unspecified atom stereocenters. The van der Waals surface area contributed by atoms with Crippen molar-refractivity contribution >= 4 is 44.5 Å². The number of rotatable bonds is 12. The number of hydrogen-bond acceptors (Lipinski definition) is 9. The molecular weight excluding hydrogens is 522 g/mol. The Bertz CT molecular complexity index is 1270. The van der Waals surface area contributed by atoms with Gasteiger partial charge in [0.05, 0.1) is 19.4 Å². The van der Waals surface area contributed by atoms with Crippen molar-refractivity contribution in [2.75, 3.05) is 19.4 Å². The zero-order valence-electron chi connectivity index (χ0n) is 20.3. The van der Waals surface area contributed by atoms with Crippen molar-refractivity contribution in [3.63, 3.8) is 0 Å². The van der Waals surface area contributed by atoms with E-state index in [9.17, 15) is 23.1 Å². The molecule has 0 aliphatic rings. The molecule has 0 fully saturated rings. The molecule has 0 radical (unpaired) electrons. The molecule has 0 saturated carbocycles. The number of carbonyl (C=O) groups excluding carboxylic acids is 2. The smallest absolute Gasteiger partial charge is 0.284 e. The monoisotopic (exact) mass is 551 g/mol. The third-order valence-corrected chi connectivity index (χ3v) is 8.57. The number of thiophene rings is 1. The van der Waals surface area contributed by atoms with Crippen LogP contribution in [0.1, 0.15) is 50.3 Å². The van der Waals surface area contributed by atoms with Crippen molar-refractivity contribution in [1.29, 1.82) is 0 Å². The number of nitrogens with one attached hydrogen (secondary N) is 1. The molecule has 0 bridgehead atoms. The highest BCUT2D eigenvalue weighted by Crippen LogP contribution is 2.24. The molecule has 2 aromatic heterocycles. The van der Waals surface area contributed by atoms with Crippen molar-refractivity contribution < 1.29 is 27.9 Å². The lowest BCUT2D eigenvalue weighted by atomic mass is 10.1. The second-order valence-corrected chi connectivity index (χ2v) is 12.3. The number of benzene rings is 1. The summed E-state index contributed by atoms with van der Waals surface area (Å²) in [6, 6.07) is 10.6. The van der Waals surface area contributed by atoms with Crippen LogP contribution in [0.4, 0.5) is 0 Å². The normalized spacial score (nSPS) is 12.2. The maximum Gasteiger partial charge on any atom is 0.284 e. The Balaban J connectivity index is 1.78. The molecule has 0 aliphatic carbocycles. The molecule has 2 amide bonds. The Labute approximate surface area is 218 Å². The highest BCUT2D eigenvalue weighted by molar-refractivity contribution is 7.90. The van der Waals surface area contributed by atoms with Crippen molar-refractivity contribution in [3.05, 3.63) is 67.8 Å². The Hall–Kier alpha value is -2.80. The number of sulfonamides is 1. The first-order valence-electron chi connectivity index (χ1n) is 11.3. The average Bonchev–Trinajstić information content (AvgIpc) is 3.51. The van der Waals surface area contributed by atoms with Crippen LogP contribution in [0.25, 0.3) is 0 Å². The van der Waals surface area contributed by atoms with E-state index >= 15 is 0 Å².